The highest BCUT2D eigenvalue weighted by Gasteiger charge is 2.31. The van der Waals surface area contributed by atoms with Crippen LogP contribution in [0.4, 0.5) is 0 Å². The zero-order valence-corrected chi connectivity index (χ0v) is 10.2. The van der Waals surface area contributed by atoms with Gasteiger partial charge in [0.05, 0.1) is 6.20 Å². The van der Waals surface area contributed by atoms with E-state index in [0.717, 1.165) is 12.1 Å². The molecule has 0 fully saturated rings. The van der Waals surface area contributed by atoms with Gasteiger partial charge in [-0.05, 0) is 25.3 Å². The van der Waals surface area contributed by atoms with Crippen molar-refractivity contribution in [3.8, 4) is 0 Å². The summed E-state index contributed by atoms with van der Waals surface area (Å²) >= 11 is 0. The van der Waals surface area contributed by atoms with Crippen molar-refractivity contribution in [3.63, 3.8) is 0 Å². The predicted molar refractivity (Wildman–Crippen MR) is 62.1 cm³/mol. The Bertz CT molecular complexity index is 354. The summed E-state index contributed by atoms with van der Waals surface area (Å²) in [5.74, 6) is -0.117. The van der Waals surface area contributed by atoms with E-state index in [4.69, 9.17) is 0 Å². The predicted octanol–water partition coefficient (Wildman–Crippen LogP) is 1.57. The van der Waals surface area contributed by atoms with Gasteiger partial charge in [0, 0.05) is 19.2 Å². The molecule has 90 valence electrons. The van der Waals surface area contributed by atoms with Crippen LogP contribution in [-0.2, 0) is 17.8 Å². The first-order chi connectivity index (χ1) is 7.55. The molecule has 0 aliphatic heterocycles. The van der Waals surface area contributed by atoms with Crippen molar-refractivity contribution in [1.29, 1.82) is 0 Å². The minimum Gasteiger partial charge on any atom is -0.382 e. The summed E-state index contributed by atoms with van der Waals surface area (Å²) in [5.41, 5.74) is -0.305. The Kier molecular flexibility index (Phi) is 4.24. The smallest absolute Gasteiger partial charge is 0.168 e. The van der Waals surface area contributed by atoms with Crippen LogP contribution in [0.5, 0.6) is 0 Å². The number of rotatable bonds is 6. The molecule has 1 heterocycles. The number of carbonyl (C=O) groups is 1. The van der Waals surface area contributed by atoms with Crippen molar-refractivity contribution in [2.24, 2.45) is 0 Å². The van der Waals surface area contributed by atoms with Crippen LogP contribution in [0.25, 0.3) is 0 Å². The number of hydrogen-bond acceptors (Lipinski definition) is 3. The van der Waals surface area contributed by atoms with E-state index in [2.05, 4.69) is 5.10 Å². The van der Waals surface area contributed by atoms with Crippen LogP contribution in [0, 0.1) is 0 Å². The third-order valence-electron chi connectivity index (χ3n) is 3.06. The van der Waals surface area contributed by atoms with Gasteiger partial charge in [-0.15, -0.1) is 0 Å². The molecular weight excluding hydrogens is 204 g/mol. The fraction of sp³-hybridized carbons (Fsp3) is 0.667. The molecule has 1 aromatic rings. The van der Waals surface area contributed by atoms with Gasteiger partial charge in [-0.2, -0.15) is 5.10 Å². The van der Waals surface area contributed by atoms with Gasteiger partial charge in [0.2, 0.25) is 0 Å². The van der Waals surface area contributed by atoms with Crippen molar-refractivity contribution in [3.05, 3.63) is 18.0 Å². The van der Waals surface area contributed by atoms with Gasteiger partial charge in [0.15, 0.2) is 5.78 Å². The quantitative estimate of drug-likeness (QED) is 0.798. The summed E-state index contributed by atoms with van der Waals surface area (Å²) in [4.78, 5) is 11.9. The zero-order valence-electron chi connectivity index (χ0n) is 10.2. The monoisotopic (exact) mass is 224 g/mol. The molecule has 0 spiro atoms. The Balaban J connectivity index is 2.70. The Morgan fingerprint density at radius 2 is 2.06 bits per heavy atom. The highest BCUT2D eigenvalue weighted by molar-refractivity contribution is 5.88. The number of aliphatic hydroxyl groups is 1. The van der Waals surface area contributed by atoms with E-state index < -0.39 is 5.60 Å². The Morgan fingerprint density at radius 3 is 2.50 bits per heavy atom. The Morgan fingerprint density at radius 1 is 1.44 bits per heavy atom. The van der Waals surface area contributed by atoms with Gasteiger partial charge < -0.3 is 5.11 Å². The van der Waals surface area contributed by atoms with Crippen molar-refractivity contribution in [2.75, 3.05) is 0 Å². The number of nitrogens with zero attached hydrogens (tertiary/aromatic N) is 2. The fourth-order valence-electron chi connectivity index (χ4n) is 1.66. The molecule has 0 amide bonds. The molecule has 0 radical (unpaired) electrons. The van der Waals surface area contributed by atoms with Crippen LogP contribution in [0.15, 0.2) is 12.4 Å². The molecule has 0 saturated carbocycles. The minimum absolute atomic E-state index is 0.117. The van der Waals surface area contributed by atoms with Crippen LogP contribution in [0.1, 0.15) is 39.2 Å². The Hall–Kier alpha value is -1.16. The summed E-state index contributed by atoms with van der Waals surface area (Å²) in [5, 5.41) is 14.2. The lowest BCUT2D eigenvalue weighted by atomic mass is 9.89. The zero-order chi connectivity index (χ0) is 12.2. The number of aromatic nitrogens is 2. The van der Waals surface area contributed by atoms with Gasteiger partial charge >= 0.3 is 0 Å². The first-order valence-corrected chi connectivity index (χ1v) is 5.82. The maximum atomic E-state index is 11.9. The number of aryl methyl sites for hydroxylation is 1. The first-order valence-electron chi connectivity index (χ1n) is 5.82. The van der Waals surface area contributed by atoms with Crippen LogP contribution < -0.4 is 0 Å². The normalized spacial score (nSPS) is 11.8. The lowest BCUT2D eigenvalue weighted by molar-refractivity contribution is -0.137. The summed E-state index contributed by atoms with van der Waals surface area (Å²) in [7, 11) is 0. The van der Waals surface area contributed by atoms with E-state index >= 15 is 0 Å². The molecule has 1 aromatic heterocycles. The average molecular weight is 224 g/mol. The molecular formula is C12H20N2O2. The first kappa shape index (κ1) is 12.9. The van der Waals surface area contributed by atoms with Crippen molar-refractivity contribution in [1.82, 2.24) is 9.78 Å². The van der Waals surface area contributed by atoms with Crippen LogP contribution in [0.2, 0.25) is 0 Å². The largest absolute Gasteiger partial charge is 0.382 e. The Labute approximate surface area is 96.3 Å². The van der Waals surface area contributed by atoms with Gasteiger partial charge in [-0.25, -0.2) is 0 Å². The molecule has 4 heteroatoms. The molecule has 1 rings (SSSR count). The van der Waals surface area contributed by atoms with E-state index in [1.165, 1.54) is 0 Å². The lowest BCUT2D eigenvalue weighted by Gasteiger charge is -2.22. The summed E-state index contributed by atoms with van der Waals surface area (Å²) in [6.45, 7) is 6.45. The second-order valence-electron chi connectivity index (χ2n) is 4.04. The fourth-order valence-corrected chi connectivity index (χ4v) is 1.66. The third-order valence-corrected chi connectivity index (χ3v) is 3.06. The molecule has 0 atom stereocenters. The second kappa shape index (κ2) is 5.25. The molecule has 0 aliphatic carbocycles. The average Bonchev–Trinajstić information content (AvgIpc) is 2.75. The van der Waals surface area contributed by atoms with Gasteiger partial charge in [-0.3, -0.25) is 9.48 Å². The van der Waals surface area contributed by atoms with Crippen molar-refractivity contribution < 1.29 is 9.90 Å². The van der Waals surface area contributed by atoms with Crippen molar-refractivity contribution in [2.45, 2.75) is 52.2 Å². The maximum absolute atomic E-state index is 11.9. The number of carbonyl (C=O) groups excluding carboxylic acids is 1. The molecule has 1 N–H and O–H groups in total. The van der Waals surface area contributed by atoms with E-state index in [9.17, 15) is 9.90 Å². The standard InChI is InChI=1S/C12H20N2O2/c1-4-12(16,5-2)11(15)7-10-8-13-14(6-3)9-10/h8-9,16H,4-7H2,1-3H3. The second-order valence-corrected chi connectivity index (χ2v) is 4.04. The van der Waals surface area contributed by atoms with E-state index in [1.807, 2.05) is 27.0 Å². The summed E-state index contributed by atoms with van der Waals surface area (Å²) < 4.78 is 1.78. The topological polar surface area (TPSA) is 55.1 Å². The highest BCUT2D eigenvalue weighted by Crippen LogP contribution is 2.18. The maximum Gasteiger partial charge on any atom is 0.168 e. The molecule has 0 saturated heterocycles. The van der Waals surface area contributed by atoms with Gasteiger partial charge in [0.1, 0.15) is 5.60 Å². The number of ketones is 1. The molecule has 0 aliphatic rings. The SMILES string of the molecule is CCn1cc(CC(=O)C(O)(CC)CC)cn1. The molecule has 0 unspecified atom stereocenters. The lowest BCUT2D eigenvalue weighted by Crippen LogP contribution is -2.38. The molecule has 0 aromatic carbocycles. The minimum atomic E-state index is -1.17. The molecule has 16 heavy (non-hydrogen) atoms. The van der Waals surface area contributed by atoms with E-state index in [0.29, 0.717) is 12.8 Å². The van der Waals surface area contributed by atoms with E-state index in [-0.39, 0.29) is 12.2 Å². The third kappa shape index (κ3) is 2.70. The van der Waals surface area contributed by atoms with Gasteiger partial charge in [-0.1, -0.05) is 13.8 Å². The van der Waals surface area contributed by atoms with Crippen LogP contribution in [0.3, 0.4) is 0 Å². The highest BCUT2D eigenvalue weighted by atomic mass is 16.3. The summed E-state index contributed by atoms with van der Waals surface area (Å²) in [6, 6.07) is 0. The summed E-state index contributed by atoms with van der Waals surface area (Å²) in [6.07, 6.45) is 4.73. The number of hydrogen-bond donors (Lipinski definition) is 1. The molecule has 0 bridgehead atoms. The van der Waals surface area contributed by atoms with Crippen molar-refractivity contribution >= 4 is 5.78 Å². The van der Waals surface area contributed by atoms with Crippen LogP contribution >= 0.6 is 0 Å². The number of Topliss-reactive ketones (excluding diaryl/α,β-unsaturated/α-hetero) is 1. The van der Waals surface area contributed by atoms with Gasteiger partial charge in [0.25, 0.3) is 0 Å². The van der Waals surface area contributed by atoms with Crippen LogP contribution in [-0.4, -0.2) is 26.3 Å². The molecule has 4 nitrogen and oxygen atoms in total. The van der Waals surface area contributed by atoms with E-state index in [1.54, 1.807) is 10.9 Å².